The Hall–Kier alpha value is 1.55. The third kappa shape index (κ3) is 438. The van der Waals surface area contributed by atoms with Crippen LogP contribution < -0.4 is 0 Å². The van der Waals surface area contributed by atoms with Gasteiger partial charge in [-0.1, -0.05) is 0 Å². The van der Waals surface area contributed by atoms with Crippen LogP contribution in [0.15, 0.2) is 0 Å². The summed E-state index contributed by atoms with van der Waals surface area (Å²) < 4.78 is 0. The predicted octanol–water partition coefficient (Wildman–Crippen LogP) is -1.19. The van der Waals surface area contributed by atoms with Gasteiger partial charge in [-0.2, -0.15) is 0 Å². The van der Waals surface area contributed by atoms with Gasteiger partial charge in [-0.25, -0.2) is 0 Å². The Morgan fingerprint density at radius 1 is 0.273 bits per heavy atom. The second kappa shape index (κ2) is 535. The minimum atomic E-state index is 0. The molecule has 0 aromatic heterocycles. The van der Waals surface area contributed by atoms with Crippen molar-refractivity contribution in [3.8, 4) is 0 Å². The summed E-state index contributed by atoms with van der Waals surface area (Å²) in [5, 5.41) is 0. The molecule has 0 fully saturated rings. The van der Waals surface area contributed by atoms with Crippen LogP contribution in [0.3, 0.4) is 0 Å². The molecule has 0 amide bonds. The first-order valence-electron chi connectivity index (χ1n) is 0. The van der Waals surface area contributed by atoms with Gasteiger partial charge in [-0.15, -0.1) is 0 Å². The van der Waals surface area contributed by atoms with Crippen LogP contribution in [0.4, 0.5) is 0 Å². The maximum atomic E-state index is 0. The molecule has 0 unspecified atom stereocenters. The Bertz CT molecular complexity index is 9.30. The average Bonchev–Trinajstić information content (AvgIpc) is 0. The molecule has 0 aliphatic rings. The number of rotatable bonds is 0. The second-order valence-corrected chi connectivity index (χ2v) is 0. The van der Waals surface area contributed by atoms with E-state index in [9.17, 15) is 0 Å². The van der Waals surface area contributed by atoms with Crippen LogP contribution in [0.1, 0.15) is 0 Å². The zero-order valence-corrected chi connectivity index (χ0v) is 9.70. The molecule has 0 saturated heterocycles. The minimum absolute atomic E-state index is 0. The van der Waals surface area contributed by atoms with E-state index in [-0.39, 0.29) is 102 Å². The fraction of sp³-hybridized carbons (Fsp3) is 0. The zero-order chi connectivity index (χ0) is 0. The van der Waals surface area contributed by atoms with Crippen molar-refractivity contribution in [3.63, 3.8) is 0 Å². The number of hydrogen-bond acceptors (Lipinski definition) is 4. The van der Waals surface area contributed by atoms with E-state index >= 15 is 0 Å². The third-order valence-electron chi connectivity index (χ3n) is 0. The maximum Gasteiger partial charge on any atom is 4.00 e. The molecule has 0 spiro atoms. The molecule has 0 heterocycles. The van der Waals surface area contributed by atoms with Gasteiger partial charge >= 0.3 is 58.4 Å². The van der Waals surface area contributed by atoms with Crippen molar-refractivity contribution in [2.75, 3.05) is 0 Å². The Balaban J connectivity index is 0. The molecule has 0 rings (SSSR count). The van der Waals surface area contributed by atoms with Crippen molar-refractivity contribution in [2.24, 2.45) is 0 Å². The molecule has 0 aromatic rings. The third-order valence-corrected chi connectivity index (χ3v) is 0. The molecule has 0 bridgehead atoms. The van der Waals surface area contributed by atoms with Crippen molar-refractivity contribution in [1.29, 1.82) is 0 Å². The van der Waals surface area contributed by atoms with Gasteiger partial charge in [0.05, 0.1) is 0 Å². The van der Waals surface area contributed by atoms with Gasteiger partial charge in [-0.3, -0.25) is 0 Å². The van der Waals surface area contributed by atoms with Gasteiger partial charge in [0.1, 0.15) is 0 Å². The molecule has 0 aliphatic carbocycles. The Kier molecular flexibility index (Phi) is 33900. The first kappa shape index (κ1) is 697. The molecule has 0 aromatic carbocycles. The summed E-state index contributed by atoms with van der Waals surface area (Å²) in [4.78, 5) is 0. The number of hydrogen-bond donors (Lipinski definition) is 0. The quantitative estimate of drug-likeness (QED) is 0.427. The largest absolute Gasteiger partial charge is 4.00 e. The van der Waals surface area contributed by atoms with Crippen LogP contribution >= 0.6 is 0 Å². The molecule has 11 heavy (non-hydrogen) atoms. The van der Waals surface area contributed by atoms with Crippen molar-refractivity contribution >= 4 is 0 Å². The Morgan fingerprint density at radius 3 is 0.273 bits per heavy atom. The van der Waals surface area contributed by atoms with Crippen molar-refractivity contribution in [2.45, 2.75) is 0 Å². The fourth-order valence-electron chi connectivity index (χ4n) is 0. The molecule has 0 aliphatic heterocycles. The Morgan fingerprint density at radius 2 is 0.273 bits per heavy atom. The molecule has 11 heteroatoms. The minimum Gasteiger partial charge on any atom is -2.00 e. The van der Waals surface area contributed by atoms with E-state index in [1.807, 2.05) is 0 Å². The van der Waals surface area contributed by atoms with Crippen molar-refractivity contribution in [1.82, 2.24) is 0 Å². The van der Waals surface area contributed by atoms with Gasteiger partial charge in [0, 0.05) is 0 Å². The summed E-state index contributed by atoms with van der Waals surface area (Å²) in [6, 6.07) is 0. The van der Waals surface area contributed by atoms with E-state index < -0.39 is 0 Å². The summed E-state index contributed by atoms with van der Waals surface area (Å²) in [5.74, 6) is 0. The molecule has 0 saturated carbocycles. The van der Waals surface area contributed by atoms with Crippen LogP contribution in [0.2, 0.25) is 0 Å². The fourth-order valence-corrected chi connectivity index (χ4v) is 0. The molecule has 0 radical (unpaired) electrons. The smallest absolute Gasteiger partial charge is 2.00 e. The Labute approximate surface area is 102 Å². The van der Waals surface area contributed by atoms with Gasteiger partial charge in [0.15, 0.2) is 0 Å². The van der Waals surface area contributed by atoms with Crippen LogP contribution in [0, 0.1) is 0 Å². The van der Waals surface area contributed by atoms with Gasteiger partial charge < -0.3 is 43.8 Å². The molecule has 8 nitrogen and oxygen atoms in total. The summed E-state index contributed by atoms with van der Waals surface area (Å²) in [5.41, 5.74) is 0. The first-order valence-corrected chi connectivity index (χ1v) is 0. The van der Waals surface area contributed by atoms with Gasteiger partial charge in [0.2, 0.25) is 0 Å². The van der Waals surface area contributed by atoms with E-state index in [1.165, 1.54) is 0 Å². The average molecular weight is 435 g/mol. The summed E-state index contributed by atoms with van der Waals surface area (Å²) in [6.45, 7) is 0. The molecule has 0 atom stereocenters. The van der Waals surface area contributed by atoms with Crippen LogP contribution in [-0.4, -0.2) is 21.9 Å². The van der Waals surface area contributed by atoms with E-state index in [1.54, 1.807) is 0 Å². The SMILES string of the molecule is [O-2].[O-2].[O-2].[O-2].[OH-].[OH-].[OH-].[OH-].[Ru+4].[Ru+4].[Ru+4]. The second-order valence-electron chi connectivity index (χ2n) is 0. The van der Waals surface area contributed by atoms with E-state index in [0.717, 1.165) is 0 Å². The first-order chi connectivity index (χ1) is 0. The monoisotopic (exact) mass is 438 g/mol. The van der Waals surface area contributed by atoms with E-state index in [4.69, 9.17) is 0 Å². The van der Waals surface area contributed by atoms with Crippen molar-refractivity contribution in [3.05, 3.63) is 0 Å². The van der Waals surface area contributed by atoms with E-state index in [2.05, 4.69) is 0 Å². The van der Waals surface area contributed by atoms with Crippen LogP contribution in [0.25, 0.3) is 0 Å². The van der Waals surface area contributed by atoms with E-state index in [0.29, 0.717) is 0 Å². The normalized spacial score (nSPS) is 0. The molecular formula is H4O8Ru3. The summed E-state index contributed by atoms with van der Waals surface area (Å²) >= 11 is 0. The zero-order valence-electron chi connectivity index (χ0n) is 4.48. The van der Waals surface area contributed by atoms with Crippen molar-refractivity contribution < 1.29 is 102 Å². The summed E-state index contributed by atoms with van der Waals surface area (Å²) in [7, 11) is 0. The van der Waals surface area contributed by atoms with Gasteiger partial charge in [0.25, 0.3) is 0 Å². The topological polar surface area (TPSA) is 234 Å². The molecular weight excluding hydrogens is 431 g/mol. The molecule has 76 valence electrons. The standard InChI is InChI=1S/4H2O.4O.3Ru/h4*1H2;;;;;;;/q;;;;4*-2;3*+4/p-4. The predicted molar refractivity (Wildman–Crippen MR) is 10.5 cm³/mol. The summed E-state index contributed by atoms with van der Waals surface area (Å²) in [6.07, 6.45) is 0. The van der Waals surface area contributed by atoms with Gasteiger partial charge in [-0.05, 0) is 0 Å². The van der Waals surface area contributed by atoms with Crippen LogP contribution in [0.5, 0.6) is 0 Å². The molecule has 4 N–H and O–H groups in total. The maximum absolute atomic E-state index is 0. The van der Waals surface area contributed by atoms with Crippen LogP contribution in [-0.2, 0) is 80.3 Å².